The molecule has 0 saturated heterocycles. The molecule has 5 nitrogen and oxygen atoms in total. The summed E-state index contributed by atoms with van der Waals surface area (Å²) in [7, 11) is 0. The number of benzene rings is 2. The van der Waals surface area contributed by atoms with Gasteiger partial charge in [-0.25, -0.2) is 9.78 Å². The van der Waals surface area contributed by atoms with E-state index in [9.17, 15) is 14.7 Å². The molecule has 0 aliphatic carbocycles. The second kappa shape index (κ2) is 9.83. The summed E-state index contributed by atoms with van der Waals surface area (Å²) >= 11 is 15.1. The maximum Gasteiger partial charge on any atom is 0.337 e. The van der Waals surface area contributed by atoms with Crippen LogP contribution in [0.1, 0.15) is 32.1 Å². The number of carbonyl (C=O) groups excluding carboxylic acids is 1. The number of nitrogens with zero attached hydrogens (tertiary/aromatic N) is 1. The lowest BCUT2D eigenvalue weighted by Crippen LogP contribution is -2.17. The van der Waals surface area contributed by atoms with Crippen molar-refractivity contribution in [3.8, 4) is 0 Å². The van der Waals surface area contributed by atoms with Crippen LogP contribution in [0.5, 0.6) is 0 Å². The summed E-state index contributed by atoms with van der Waals surface area (Å²) in [5.74, 6) is -1.25. The summed E-state index contributed by atoms with van der Waals surface area (Å²) in [6.07, 6.45) is 0.612. The first-order valence-corrected chi connectivity index (χ1v) is 11.5. The Balaban J connectivity index is 1.66. The van der Waals surface area contributed by atoms with E-state index >= 15 is 0 Å². The largest absolute Gasteiger partial charge is 0.478 e. The van der Waals surface area contributed by atoms with Gasteiger partial charge in [0.2, 0.25) is 5.91 Å². The van der Waals surface area contributed by atoms with E-state index in [1.54, 1.807) is 31.2 Å². The van der Waals surface area contributed by atoms with Gasteiger partial charge in [0.15, 0.2) is 4.34 Å². The van der Waals surface area contributed by atoms with Gasteiger partial charge in [-0.1, -0.05) is 47.1 Å². The van der Waals surface area contributed by atoms with Gasteiger partial charge >= 0.3 is 5.97 Å². The Bertz CT molecular complexity index is 1120. The van der Waals surface area contributed by atoms with Gasteiger partial charge in [0.1, 0.15) is 0 Å². The van der Waals surface area contributed by atoms with Crippen LogP contribution in [0.25, 0.3) is 0 Å². The third kappa shape index (κ3) is 5.55. The van der Waals surface area contributed by atoms with Gasteiger partial charge in [-0.2, -0.15) is 0 Å². The van der Waals surface area contributed by atoms with E-state index in [1.165, 1.54) is 29.2 Å². The SMILES string of the molecule is Cc1cccc(C(=O)O)c1NC(=O)CSc1nc(C)c(Cc2cc(Cl)ccc2Cl)s1. The zero-order valence-corrected chi connectivity index (χ0v) is 19.3. The lowest BCUT2D eigenvalue weighted by atomic mass is 10.1. The summed E-state index contributed by atoms with van der Waals surface area (Å²) in [5.41, 5.74) is 2.89. The maximum absolute atomic E-state index is 12.4. The van der Waals surface area contributed by atoms with Crippen LogP contribution in [0, 0.1) is 13.8 Å². The van der Waals surface area contributed by atoms with Crippen molar-refractivity contribution < 1.29 is 14.7 Å². The number of carboxylic acid groups (broad SMARTS) is 1. The molecule has 3 aromatic rings. The molecule has 0 spiro atoms. The summed E-state index contributed by atoms with van der Waals surface area (Å²) in [5, 5.41) is 13.3. The smallest absolute Gasteiger partial charge is 0.337 e. The Hall–Kier alpha value is -2.06. The Labute approximate surface area is 192 Å². The number of thioether (sulfide) groups is 1. The van der Waals surface area contributed by atoms with Crippen molar-refractivity contribution in [1.29, 1.82) is 0 Å². The summed E-state index contributed by atoms with van der Waals surface area (Å²) in [6.45, 7) is 3.67. The standard InChI is InChI=1S/C21H18Cl2N2O3S2/c1-11-4-3-5-15(20(27)28)19(11)25-18(26)10-29-21-24-12(2)17(30-21)9-13-8-14(22)6-7-16(13)23/h3-8H,9-10H2,1-2H3,(H,25,26)(H,27,28). The number of carbonyl (C=O) groups is 2. The number of aromatic carboxylic acids is 1. The molecule has 1 amide bonds. The Kier molecular flexibility index (Phi) is 7.41. The van der Waals surface area contributed by atoms with Crippen molar-refractivity contribution in [1.82, 2.24) is 4.98 Å². The molecule has 0 saturated carbocycles. The first-order chi connectivity index (χ1) is 14.2. The van der Waals surface area contributed by atoms with Crippen molar-refractivity contribution in [2.45, 2.75) is 24.6 Å². The third-order valence-electron chi connectivity index (χ3n) is 4.33. The van der Waals surface area contributed by atoms with Crippen LogP contribution in [0.4, 0.5) is 5.69 Å². The second-order valence-corrected chi connectivity index (χ2v) is 9.69. The molecular weight excluding hydrogens is 463 g/mol. The monoisotopic (exact) mass is 480 g/mol. The van der Waals surface area contributed by atoms with Crippen LogP contribution in [-0.4, -0.2) is 27.7 Å². The molecule has 1 aromatic heterocycles. The molecular formula is C21H18Cl2N2O3S2. The van der Waals surface area contributed by atoms with Gasteiger partial charge in [-0.15, -0.1) is 11.3 Å². The van der Waals surface area contributed by atoms with Gasteiger partial charge in [0, 0.05) is 21.3 Å². The molecule has 0 radical (unpaired) electrons. The van der Waals surface area contributed by atoms with Crippen molar-refractivity contribution in [2.75, 3.05) is 11.1 Å². The molecule has 2 aromatic carbocycles. The molecule has 3 rings (SSSR count). The van der Waals surface area contributed by atoms with Crippen LogP contribution in [-0.2, 0) is 11.2 Å². The van der Waals surface area contributed by atoms with Crippen molar-refractivity contribution in [2.24, 2.45) is 0 Å². The average Bonchev–Trinajstić information content (AvgIpc) is 3.04. The second-order valence-electron chi connectivity index (χ2n) is 6.54. The lowest BCUT2D eigenvalue weighted by Gasteiger charge is -2.11. The van der Waals surface area contributed by atoms with Gasteiger partial charge < -0.3 is 10.4 Å². The first-order valence-electron chi connectivity index (χ1n) is 8.90. The Morgan fingerprint density at radius 1 is 1.20 bits per heavy atom. The van der Waals surface area contributed by atoms with Crippen molar-refractivity contribution in [3.05, 3.63) is 73.7 Å². The molecule has 9 heteroatoms. The number of rotatable bonds is 7. The van der Waals surface area contributed by atoms with E-state index in [4.69, 9.17) is 23.2 Å². The number of nitrogens with one attached hydrogen (secondary N) is 1. The first kappa shape index (κ1) is 22.6. The fraction of sp³-hybridized carbons (Fsp3) is 0.190. The lowest BCUT2D eigenvalue weighted by molar-refractivity contribution is -0.113. The Morgan fingerprint density at radius 3 is 2.70 bits per heavy atom. The minimum atomic E-state index is -1.08. The highest BCUT2D eigenvalue weighted by Gasteiger charge is 2.16. The zero-order valence-electron chi connectivity index (χ0n) is 16.2. The van der Waals surface area contributed by atoms with E-state index in [0.717, 1.165) is 20.5 Å². The molecule has 0 bridgehead atoms. The van der Waals surface area contributed by atoms with Crippen molar-refractivity contribution >= 4 is 63.9 Å². The van der Waals surface area contributed by atoms with Gasteiger partial charge in [-0.3, -0.25) is 4.79 Å². The predicted molar refractivity (Wildman–Crippen MR) is 124 cm³/mol. The number of aromatic nitrogens is 1. The number of aryl methyl sites for hydroxylation is 2. The average molecular weight is 481 g/mol. The van der Waals surface area contributed by atoms with Gasteiger partial charge in [0.25, 0.3) is 0 Å². The van der Waals surface area contributed by atoms with Crippen LogP contribution >= 0.6 is 46.3 Å². The molecule has 0 aliphatic heterocycles. The normalized spacial score (nSPS) is 10.8. The van der Waals surface area contributed by atoms with Gasteiger partial charge in [0.05, 0.1) is 22.7 Å². The summed E-state index contributed by atoms with van der Waals surface area (Å²) in [6, 6.07) is 10.2. The molecule has 2 N–H and O–H groups in total. The quantitative estimate of drug-likeness (QED) is 0.400. The van der Waals surface area contributed by atoms with Crippen LogP contribution < -0.4 is 5.32 Å². The fourth-order valence-corrected chi connectivity index (χ4v) is 5.23. The van der Waals surface area contributed by atoms with Crippen molar-refractivity contribution in [3.63, 3.8) is 0 Å². The predicted octanol–water partition coefficient (Wildman–Crippen LogP) is 6.09. The number of para-hydroxylation sites is 1. The number of hydrogen-bond donors (Lipinski definition) is 2. The highest BCUT2D eigenvalue weighted by Crippen LogP contribution is 2.31. The van der Waals surface area contributed by atoms with E-state index in [-0.39, 0.29) is 17.2 Å². The maximum atomic E-state index is 12.4. The van der Waals surface area contributed by atoms with Crippen LogP contribution in [0.15, 0.2) is 40.7 Å². The van der Waals surface area contributed by atoms with Crippen LogP contribution in [0.3, 0.4) is 0 Å². The highest BCUT2D eigenvalue weighted by atomic mass is 35.5. The summed E-state index contributed by atoms with van der Waals surface area (Å²) in [4.78, 5) is 29.4. The molecule has 0 atom stereocenters. The highest BCUT2D eigenvalue weighted by molar-refractivity contribution is 8.01. The zero-order chi connectivity index (χ0) is 21.8. The molecule has 0 unspecified atom stereocenters. The Morgan fingerprint density at radius 2 is 1.97 bits per heavy atom. The van der Waals surface area contributed by atoms with Gasteiger partial charge in [-0.05, 0) is 49.2 Å². The van der Waals surface area contributed by atoms with Crippen LogP contribution in [0.2, 0.25) is 10.0 Å². The minimum Gasteiger partial charge on any atom is -0.478 e. The number of amides is 1. The molecule has 0 aliphatic rings. The number of carboxylic acids is 1. The minimum absolute atomic E-state index is 0.0686. The number of halogens is 2. The van der Waals surface area contributed by atoms with E-state index in [1.807, 2.05) is 13.0 Å². The molecule has 30 heavy (non-hydrogen) atoms. The number of thiazole rings is 1. The number of anilines is 1. The number of hydrogen-bond acceptors (Lipinski definition) is 5. The molecule has 0 fully saturated rings. The topological polar surface area (TPSA) is 79.3 Å². The summed E-state index contributed by atoms with van der Waals surface area (Å²) < 4.78 is 0.763. The molecule has 156 valence electrons. The molecule has 1 heterocycles. The van der Waals surface area contributed by atoms with E-state index < -0.39 is 5.97 Å². The van der Waals surface area contributed by atoms with E-state index in [0.29, 0.717) is 27.7 Å². The third-order valence-corrected chi connectivity index (χ3v) is 7.23. The van der Waals surface area contributed by atoms with E-state index in [2.05, 4.69) is 10.3 Å². The fourth-order valence-electron chi connectivity index (χ4n) is 2.79.